The molecule has 0 heterocycles. The largest absolute Gasteiger partial charge is 0.396 e. The van der Waals surface area contributed by atoms with Gasteiger partial charge in [0.25, 0.3) is 0 Å². The molecule has 0 radical (unpaired) electrons. The quantitative estimate of drug-likeness (QED) is 0.490. The van der Waals surface area contributed by atoms with Gasteiger partial charge in [0.2, 0.25) is 0 Å². The normalized spacial score (nSPS) is 44.4. The molecule has 0 saturated heterocycles. The van der Waals surface area contributed by atoms with Crippen molar-refractivity contribution in [3.8, 4) is 0 Å². The Morgan fingerprint density at radius 1 is 2.60 bits per heavy atom. The van der Waals surface area contributed by atoms with E-state index in [4.69, 9.17) is 13.3 Å². The second-order valence-electron chi connectivity index (χ2n) is 0.737. The molecule has 0 amide bonds. The molecular formula is C4H10O. The molecule has 1 atom stereocenters. The minimum Gasteiger partial charge on any atom is -0.396 e. The summed E-state index contributed by atoms with van der Waals surface area (Å²) in [6, 6.07) is 0. The number of rotatable bonds is 1. The van der Waals surface area contributed by atoms with Gasteiger partial charge in [-0.15, -0.1) is 0 Å². The standard InChI is InChI=1S/C4H10O/c1-4(2)3-5/h4-5H,3H2,1-2H3/i1D3,3D2,4D. The summed E-state index contributed by atoms with van der Waals surface area (Å²) < 4.78 is 40.6. The highest BCUT2D eigenvalue weighted by atomic mass is 16.3. The zero-order valence-corrected chi connectivity index (χ0v) is 2.95. The lowest BCUT2D eigenvalue weighted by molar-refractivity contribution is 0.248. The molecule has 1 nitrogen and oxygen atoms in total. The van der Waals surface area contributed by atoms with E-state index in [9.17, 15) is 0 Å². The van der Waals surface area contributed by atoms with Crippen LogP contribution in [-0.4, -0.2) is 11.7 Å². The molecule has 0 bridgehead atoms. The highest BCUT2D eigenvalue weighted by molar-refractivity contribution is 4.32. The van der Waals surface area contributed by atoms with Crippen LogP contribution in [-0.2, 0) is 0 Å². The third kappa shape index (κ3) is 3.96. The number of hydrogen-bond donors (Lipinski definition) is 1. The predicted molar refractivity (Wildman–Crippen MR) is 21.9 cm³/mol. The third-order valence-corrected chi connectivity index (χ3v) is 0.168. The van der Waals surface area contributed by atoms with Crippen LogP contribution in [0.2, 0.25) is 0 Å². The molecule has 1 unspecified atom stereocenters. The lowest BCUT2D eigenvalue weighted by atomic mass is 10.2. The fraction of sp³-hybridized carbons (Fsp3) is 1.00. The Balaban J connectivity index is 4.75. The second kappa shape index (κ2) is 2.21. The van der Waals surface area contributed by atoms with Gasteiger partial charge >= 0.3 is 0 Å². The summed E-state index contributed by atoms with van der Waals surface area (Å²) in [6.07, 6.45) is 0. The summed E-state index contributed by atoms with van der Waals surface area (Å²) in [5, 5.41) is 8.67. The summed E-state index contributed by atoms with van der Waals surface area (Å²) in [5.74, 6) is -2.49. The SMILES string of the molecule is [2H]C([2H])([2H])C([2H])(C)C([2H])([2H])O. The average molecular weight is 80.2 g/mol. The molecule has 0 aromatic heterocycles. The minimum atomic E-state index is -3.02. The maximum atomic E-state index is 8.67. The summed E-state index contributed by atoms with van der Waals surface area (Å²) in [7, 11) is 0. The van der Waals surface area contributed by atoms with Gasteiger partial charge in [-0.3, -0.25) is 0 Å². The van der Waals surface area contributed by atoms with Crippen molar-refractivity contribution in [1.82, 2.24) is 0 Å². The maximum absolute atomic E-state index is 8.67. The fourth-order valence-corrected chi connectivity index (χ4v) is 0. The van der Waals surface area contributed by atoms with Crippen LogP contribution in [0.4, 0.5) is 0 Å². The van der Waals surface area contributed by atoms with Crippen LogP contribution in [0.5, 0.6) is 0 Å². The van der Waals surface area contributed by atoms with Crippen LogP contribution in [0.1, 0.15) is 22.0 Å². The van der Waals surface area contributed by atoms with Gasteiger partial charge in [-0.25, -0.2) is 0 Å². The van der Waals surface area contributed by atoms with E-state index in [1.807, 2.05) is 0 Å². The van der Waals surface area contributed by atoms with Crippen LogP contribution < -0.4 is 0 Å². The molecule has 0 aliphatic rings. The molecule has 0 aliphatic heterocycles. The molecule has 0 saturated carbocycles. The molecule has 32 valence electrons. The van der Waals surface area contributed by atoms with Gasteiger partial charge in [0.05, 0.1) is 2.74 Å². The summed E-state index contributed by atoms with van der Waals surface area (Å²) >= 11 is 0. The van der Waals surface area contributed by atoms with E-state index < -0.39 is 19.3 Å². The predicted octanol–water partition coefficient (Wildman–Crippen LogP) is 0.635. The van der Waals surface area contributed by atoms with Gasteiger partial charge < -0.3 is 5.11 Å². The summed E-state index contributed by atoms with van der Waals surface area (Å²) in [6.45, 7) is -5.01. The van der Waals surface area contributed by atoms with Crippen molar-refractivity contribution in [2.24, 2.45) is 5.89 Å². The van der Waals surface area contributed by atoms with Crippen LogP contribution in [0.15, 0.2) is 0 Å². The van der Waals surface area contributed by atoms with Crippen molar-refractivity contribution < 1.29 is 13.3 Å². The Labute approximate surface area is 41.1 Å². The van der Waals surface area contributed by atoms with E-state index in [1.165, 1.54) is 0 Å². The first-order valence-corrected chi connectivity index (χ1v) is 1.22. The highest BCUT2D eigenvalue weighted by Gasteiger charge is 1.81. The lowest BCUT2D eigenvalue weighted by Crippen LogP contribution is -1.90. The third-order valence-electron chi connectivity index (χ3n) is 0.168. The lowest BCUT2D eigenvalue weighted by Gasteiger charge is -1.90. The van der Waals surface area contributed by atoms with Crippen molar-refractivity contribution in [3.63, 3.8) is 0 Å². The van der Waals surface area contributed by atoms with Crippen LogP contribution in [0, 0.1) is 5.89 Å². The smallest absolute Gasteiger partial charge is 0.0566 e. The van der Waals surface area contributed by atoms with Gasteiger partial charge in [-0.1, -0.05) is 13.8 Å². The van der Waals surface area contributed by atoms with Gasteiger partial charge in [-0.05, 0) is 5.89 Å². The van der Waals surface area contributed by atoms with Crippen molar-refractivity contribution in [2.75, 3.05) is 6.56 Å². The molecule has 0 aliphatic carbocycles. The summed E-state index contributed by atoms with van der Waals surface area (Å²) in [5.41, 5.74) is 0. The molecule has 1 heteroatoms. The van der Waals surface area contributed by atoms with Crippen molar-refractivity contribution >= 4 is 0 Å². The molecule has 0 spiro atoms. The topological polar surface area (TPSA) is 20.2 Å². The minimum absolute atomic E-state index is 0.833. The van der Waals surface area contributed by atoms with E-state index in [2.05, 4.69) is 0 Å². The first-order chi connectivity index (χ1) is 4.50. The molecule has 0 aromatic carbocycles. The number of aliphatic hydroxyl groups is 1. The van der Waals surface area contributed by atoms with Crippen molar-refractivity contribution in [1.29, 1.82) is 0 Å². The van der Waals surface area contributed by atoms with Gasteiger partial charge in [0.1, 0.15) is 0 Å². The summed E-state index contributed by atoms with van der Waals surface area (Å²) in [4.78, 5) is 0. The van der Waals surface area contributed by atoms with Crippen LogP contribution >= 0.6 is 0 Å². The van der Waals surface area contributed by atoms with Crippen LogP contribution in [0.3, 0.4) is 0 Å². The molecule has 0 rings (SSSR count). The Morgan fingerprint density at radius 3 is 3.20 bits per heavy atom. The van der Waals surface area contributed by atoms with Crippen LogP contribution in [0.25, 0.3) is 0 Å². The average Bonchev–Trinajstić information content (AvgIpc) is 1.58. The van der Waals surface area contributed by atoms with E-state index in [0.29, 0.717) is 0 Å². The van der Waals surface area contributed by atoms with Gasteiger partial charge in [0, 0.05) is 12.0 Å². The second-order valence-corrected chi connectivity index (χ2v) is 0.737. The highest BCUT2D eigenvalue weighted by Crippen LogP contribution is 1.83. The van der Waals surface area contributed by atoms with Crippen molar-refractivity contribution in [3.05, 3.63) is 0 Å². The van der Waals surface area contributed by atoms with E-state index in [-0.39, 0.29) is 0 Å². The molecular weight excluding hydrogens is 64.0 g/mol. The Bertz CT molecular complexity index is 126. The molecule has 0 aromatic rings. The zero-order valence-electron chi connectivity index (χ0n) is 8.95. The Morgan fingerprint density at radius 2 is 3.20 bits per heavy atom. The Hall–Kier alpha value is -0.0400. The van der Waals surface area contributed by atoms with Gasteiger partial charge in [-0.2, -0.15) is 0 Å². The number of hydrogen-bond acceptors (Lipinski definition) is 1. The molecule has 5 heavy (non-hydrogen) atoms. The monoisotopic (exact) mass is 80.1 g/mol. The molecule has 0 fully saturated rings. The maximum Gasteiger partial charge on any atom is 0.0566 e. The van der Waals surface area contributed by atoms with Crippen molar-refractivity contribution in [2.45, 2.75) is 13.8 Å². The molecule has 1 N–H and O–H groups in total. The first-order valence-electron chi connectivity index (χ1n) is 4.22. The van der Waals surface area contributed by atoms with E-state index in [1.54, 1.807) is 0 Å². The fourth-order valence-electron chi connectivity index (χ4n) is 0. The zero-order chi connectivity index (χ0) is 9.50. The Kier molecular flexibility index (Phi) is 0.347. The van der Waals surface area contributed by atoms with E-state index in [0.717, 1.165) is 6.92 Å². The first kappa shape index (κ1) is 0.784. The van der Waals surface area contributed by atoms with E-state index >= 15 is 0 Å². The van der Waals surface area contributed by atoms with Gasteiger partial charge in [0.15, 0.2) is 0 Å².